The first-order chi connectivity index (χ1) is 16.0. The SMILES string of the molecule is CCC(=O)N1CCN(C(=O)N(C)C(C)c2cc(CC)cc(C(F)(F)F)c2)[C@@H](c2cscc2C)C1. The van der Waals surface area contributed by atoms with Gasteiger partial charge in [0.05, 0.1) is 17.6 Å². The van der Waals surface area contributed by atoms with Gasteiger partial charge in [-0.15, -0.1) is 0 Å². The Morgan fingerprint density at radius 1 is 1.18 bits per heavy atom. The monoisotopic (exact) mass is 495 g/mol. The molecule has 0 radical (unpaired) electrons. The molecule has 34 heavy (non-hydrogen) atoms. The molecule has 1 fully saturated rings. The largest absolute Gasteiger partial charge is 0.416 e. The van der Waals surface area contributed by atoms with Crippen molar-refractivity contribution in [3.8, 4) is 0 Å². The van der Waals surface area contributed by atoms with Gasteiger partial charge in [0.25, 0.3) is 0 Å². The molecule has 2 heterocycles. The summed E-state index contributed by atoms with van der Waals surface area (Å²) in [6.07, 6.45) is -3.59. The number of aryl methyl sites for hydroxylation is 2. The molecule has 3 amide bonds. The van der Waals surface area contributed by atoms with Crippen LogP contribution in [0, 0.1) is 6.92 Å². The van der Waals surface area contributed by atoms with Gasteiger partial charge in [0.2, 0.25) is 5.91 Å². The zero-order valence-corrected chi connectivity index (χ0v) is 21.1. The van der Waals surface area contributed by atoms with E-state index in [1.165, 1.54) is 4.90 Å². The number of hydrogen-bond donors (Lipinski definition) is 0. The van der Waals surface area contributed by atoms with E-state index in [9.17, 15) is 22.8 Å². The molecule has 1 aliphatic rings. The van der Waals surface area contributed by atoms with E-state index in [1.54, 1.807) is 41.2 Å². The van der Waals surface area contributed by atoms with Crippen LogP contribution in [-0.4, -0.2) is 53.3 Å². The molecule has 1 aliphatic heterocycles. The lowest BCUT2D eigenvalue weighted by Crippen LogP contribution is -2.55. The lowest BCUT2D eigenvalue weighted by Gasteiger charge is -2.44. The third-order valence-electron chi connectivity index (χ3n) is 6.65. The lowest BCUT2D eigenvalue weighted by atomic mass is 9.98. The third-order valence-corrected chi connectivity index (χ3v) is 7.53. The summed E-state index contributed by atoms with van der Waals surface area (Å²) in [5.41, 5.74) is 2.38. The number of halogens is 3. The van der Waals surface area contributed by atoms with Crippen LogP contribution in [0.2, 0.25) is 0 Å². The second-order valence-corrected chi connectivity index (χ2v) is 9.54. The predicted molar refractivity (Wildman–Crippen MR) is 128 cm³/mol. The average Bonchev–Trinajstić information content (AvgIpc) is 3.26. The van der Waals surface area contributed by atoms with E-state index in [-0.39, 0.29) is 18.0 Å². The van der Waals surface area contributed by atoms with E-state index in [4.69, 9.17) is 0 Å². The Hall–Kier alpha value is -2.55. The van der Waals surface area contributed by atoms with Crippen LogP contribution in [0.25, 0.3) is 0 Å². The van der Waals surface area contributed by atoms with Crippen LogP contribution in [0.4, 0.5) is 18.0 Å². The Balaban J connectivity index is 1.90. The molecular weight excluding hydrogens is 463 g/mol. The highest BCUT2D eigenvalue weighted by Gasteiger charge is 2.37. The van der Waals surface area contributed by atoms with Crippen LogP contribution >= 0.6 is 11.3 Å². The van der Waals surface area contributed by atoms with E-state index in [0.29, 0.717) is 43.6 Å². The van der Waals surface area contributed by atoms with E-state index in [1.807, 2.05) is 31.5 Å². The second-order valence-electron chi connectivity index (χ2n) is 8.80. The Bertz CT molecular complexity index is 1040. The average molecular weight is 496 g/mol. The number of hydrogen-bond acceptors (Lipinski definition) is 3. The number of nitrogens with zero attached hydrogens (tertiary/aromatic N) is 3. The number of thiophene rings is 1. The van der Waals surface area contributed by atoms with Gasteiger partial charge in [0.1, 0.15) is 0 Å². The van der Waals surface area contributed by atoms with Crippen molar-refractivity contribution in [3.63, 3.8) is 0 Å². The van der Waals surface area contributed by atoms with Crippen LogP contribution < -0.4 is 0 Å². The van der Waals surface area contributed by atoms with Crippen molar-refractivity contribution < 1.29 is 22.8 Å². The number of piperazine rings is 1. The number of rotatable bonds is 5. The van der Waals surface area contributed by atoms with Crippen molar-refractivity contribution >= 4 is 23.3 Å². The van der Waals surface area contributed by atoms with Crippen molar-refractivity contribution in [1.29, 1.82) is 0 Å². The molecule has 186 valence electrons. The molecule has 1 saturated heterocycles. The summed E-state index contributed by atoms with van der Waals surface area (Å²) in [4.78, 5) is 31.0. The van der Waals surface area contributed by atoms with Gasteiger partial charge in [-0.1, -0.05) is 19.9 Å². The Labute approximate surface area is 203 Å². The van der Waals surface area contributed by atoms with Gasteiger partial charge in [0.15, 0.2) is 0 Å². The maximum Gasteiger partial charge on any atom is 0.416 e. The van der Waals surface area contributed by atoms with Crippen molar-refractivity contribution in [3.05, 3.63) is 56.8 Å². The molecule has 0 aliphatic carbocycles. The minimum Gasteiger partial charge on any atom is -0.339 e. The molecule has 2 aromatic rings. The first-order valence-electron chi connectivity index (χ1n) is 11.5. The fourth-order valence-corrected chi connectivity index (χ4v) is 5.26. The zero-order valence-electron chi connectivity index (χ0n) is 20.3. The van der Waals surface area contributed by atoms with Gasteiger partial charge in [-0.05, 0) is 65.4 Å². The van der Waals surface area contributed by atoms with E-state index >= 15 is 0 Å². The first kappa shape index (κ1) is 26.1. The van der Waals surface area contributed by atoms with Gasteiger partial charge in [-0.3, -0.25) is 4.79 Å². The summed E-state index contributed by atoms with van der Waals surface area (Å²) in [7, 11) is 1.62. The highest BCUT2D eigenvalue weighted by atomic mass is 32.1. The Kier molecular flexibility index (Phi) is 7.95. The van der Waals surface area contributed by atoms with Crippen LogP contribution in [-0.2, 0) is 17.4 Å². The molecule has 5 nitrogen and oxygen atoms in total. The number of amides is 3. The van der Waals surface area contributed by atoms with Crippen LogP contribution in [0.5, 0.6) is 0 Å². The standard InChI is InChI=1S/C25H32F3N3O2S/c1-6-18-10-19(12-20(11-18)25(26,27)28)17(4)29(5)24(33)31-9-8-30(23(32)7-2)13-22(31)21-15-34-14-16(21)3/h10-12,14-15,17,22H,6-9,13H2,1-5H3/t17?,22-/m1/s1. The second kappa shape index (κ2) is 10.4. The van der Waals surface area contributed by atoms with E-state index in [2.05, 4.69) is 0 Å². The molecule has 1 aromatic heterocycles. The fraction of sp³-hybridized carbons (Fsp3) is 0.520. The van der Waals surface area contributed by atoms with Gasteiger partial charge in [-0.2, -0.15) is 24.5 Å². The molecule has 0 bridgehead atoms. The first-order valence-corrected chi connectivity index (χ1v) is 12.5. The van der Waals surface area contributed by atoms with Crippen molar-refractivity contribution in [2.24, 2.45) is 0 Å². The smallest absolute Gasteiger partial charge is 0.339 e. The molecule has 1 unspecified atom stereocenters. The highest BCUT2D eigenvalue weighted by molar-refractivity contribution is 7.08. The fourth-order valence-electron chi connectivity index (χ4n) is 4.36. The number of benzene rings is 1. The Morgan fingerprint density at radius 3 is 2.44 bits per heavy atom. The lowest BCUT2D eigenvalue weighted by molar-refractivity contribution is -0.137. The predicted octanol–water partition coefficient (Wildman–Crippen LogP) is 6.05. The minimum absolute atomic E-state index is 0.0442. The van der Waals surface area contributed by atoms with Crippen LogP contribution in [0.15, 0.2) is 29.0 Å². The van der Waals surface area contributed by atoms with Crippen molar-refractivity contribution in [1.82, 2.24) is 14.7 Å². The number of carbonyl (C=O) groups excluding carboxylic acids is 2. The summed E-state index contributed by atoms with van der Waals surface area (Å²) in [6.45, 7) is 8.56. The van der Waals surface area contributed by atoms with Crippen LogP contribution in [0.3, 0.4) is 0 Å². The maximum atomic E-state index is 13.6. The number of carbonyl (C=O) groups is 2. The minimum atomic E-state index is -4.45. The van der Waals surface area contributed by atoms with Gasteiger partial charge in [0, 0.05) is 33.1 Å². The van der Waals surface area contributed by atoms with Crippen LogP contribution in [0.1, 0.15) is 67.1 Å². The molecule has 9 heteroatoms. The van der Waals surface area contributed by atoms with Crippen molar-refractivity contribution in [2.75, 3.05) is 26.7 Å². The molecule has 0 spiro atoms. The van der Waals surface area contributed by atoms with E-state index in [0.717, 1.165) is 23.3 Å². The maximum absolute atomic E-state index is 13.6. The van der Waals surface area contributed by atoms with E-state index < -0.39 is 17.8 Å². The molecule has 0 saturated carbocycles. The molecule has 0 N–H and O–H groups in total. The summed E-state index contributed by atoms with van der Waals surface area (Å²) >= 11 is 1.55. The third kappa shape index (κ3) is 5.40. The molecular formula is C25H32F3N3O2S. The molecule has 1 aromatic carbocycles. The summed E-state index contributed by atoms with van der Waals surface area (Å²) in [6, 6.07) is 2.91. The summed E-state index contributed by atoms with van der Waals surface area (Å²) in [5.74, 6) is 0.0442. The van der Waals surface area contributed by atoms with Gasteiger partial charge >= 0.3 is 12.2 Å². The Morgan fingerprint density at radius 2 is 1.88 bits per heavy atom. The summed E-state index contributed by atoms with van der Waals surface area (Å²) < 4.78 is 40.4. The van der Waals surface area contributed by atoms with Gasteiger partial charge in [-0.25, -0.2) is 4.79 Å². The molecule has 3 rings (SSSR count). The van der Waals surface area contributed by atoms with Gasteiger partial charge < -0.3 is 14.7 Å². The molecule has 2 atom stereocenters. The summed E-state index contributed by atoms with van der Waals surface area (Å²) in [5, 5.41) is 4.02. The van der Waals surface area contributed by atoms with Crippen molar-refractivity contribution in [2.45, 2.75) is 58.8 Å². The zero-order chi connectivity index (χ0) is 25.2. The number of urea groups is 1. The topological polar surface area (TPSA) is 43.9 Å². The highest BCUT2D eigenvalue weighted by Crippen LogP contribution is 2.35. The quantitative estimate of drug-likeness (QED) is 0.507. The normalized spacial score (nSPS) is 17.6. The number of alkyl halides is 3.